The number of rotatable bonds is 5. The molecule has 2 aromatic rings. The van der Waals surface area contributed by atoms with Crippen LogP contribution in [0.1, 0.15) is 46.4 Å². The molecule has 0 aliphatic carbocycles. The van der Waals surface area contributed by atoms with E-state index in [0.29, 0.717) is 31.9 Å². The molecule has 1 atom stereocenters. The van der Waals surface area contributed by atoms with Gasteiger partial charge in [0.05, 0.1) is 12.6 Å². The maximum absolute atomic E-state index is 11.7. The lowest BCUT2D eigenvalue weighted by Crippen LogP contribution is -2.23. The van der Waals surface area contributed by atoms with E-state index < -0.39 is 5.97 Å². The van der Waals surface area contributed by atoms with Crippen molar-refractivity contribution in [1.29, 1.82) is 0 Å². The largest absolute Gasteiger partial charge is 0.476 e. The lowest BCUT2D eigenvalue weighted by Gasteiger charge is -2.22. The number of hydrogen-bond acceptors (Lipinski definition) is 5. The average molecular weight is 357 g/mol. The fraction of sp³-hybridized carbons (Fsp3) is 0.474. The van der Waals surface area contributed by atoms with Gasteiger partial charge in [-0.15, -0.1) is 0 Å². The van der Waals surface area contributed by atoms with E-state index in [-0.39, 0.29) is 24.3 Å². The van der Waals surface area contributed by atoms with Crippen LogP contribution in [-0.2, 0) is 11.3 Å². The molecule has 0 spiro atoms. The number of benzene rings is 1. The summed E-state index contributed by atoms with van der Waals surface area (Å²) in [4.78, 5) is 13.8. The fourth-order valence-electron chi connectivity index (χ4n) is 3.96. The molecule has 0 saturated carbocycles. The van der Waals surface area contributed by atoms with Gasteiger partial charge in [0.2, 0.25) is 0 Å². The molecule has 0 amide bonds. The Labute approximate surface area is 151 Å². The quantitative estimate of drug-likeness (QED) is 0.851. The molecular weight excluding hydrogens is 334 g/mol. The number of anilines is 1. The minimum atomic E-state index is -1.00. The summed E-state index contributed by atoms with van der Waals surface area (Å²) in [5.74, 6) is -0.943. The zero-order valence-corrected chi connectivity index (χ0v) is 14.5. The maximum Gasteiger partial charge on any atom is 0.356 e. The molecule has 7 heteroatoms. The van der Waals surface area contributed by atoms with E-state index in [1.807, 2.05) is 30.5 Å². The molecule has 1 fully saturated rings. The van der Waals surface area contributed by atoms with Gasteiger partial charge in [0.25, 0.3) is 0 Å². The van der Waals surface area contributed by atoms with Crippen molar-refractivity contribution in [2.45, 2.75) is 31.3 Å². The normalized spacial score (nSPS) is 20.3. The second kappa shape index (κ2) is 7.09. The highest BCUT2D eigenvalue weighted by atomic mass is 16.5. The van der Waals surface area contributed by atoms with E-state index in [1.165, 1.54) is 0 Å². The van der Waals surface area contributed by atoms with Crippen LogP contribution >= 0.6 is 0 Å². The molecule has 2 N–H and O–H groups in total. The Balaban J connectivity index is 1.62. The number of fused-ring (bicyclic) bond motifs is 1. The van der Waals surface area contributed by atoms with E-state index in [9.17, 15) is 15.0 Å². The minimum absolute atomic E-state index is 0.0602. The Morgan fingerprint density at radius 3 is 2.77 bits per heavy atom. The Morgan fingerprint density at radius 2 is 2.04 bits per heavy atom. The van der Waals surface area contributed by atoms with Crippen LogP contribution in [0.4, 0.5) is 5.69 Å². The number of carboxylic acids is 1. The highest BCUT2D eigenvalue weighted by molar-refractivity contribution is 5.87. The van der Waals surface area contributed by atoms with Gasteiger partial charge in [-0.05, 0) is 24.5 Å². The molecule has 1 aromatic heterocycles. The predicted molar refractivity (Wildman–Crippen MR) is 95.6 cm³/mol. The lowest BCUT2D eigenvalue weighted by atomic mass is 10.0. The summed E-state index contributed by atoms with van der Waals surface area (Å²) >= 11 is 0. The standard InChI is InChI=1S/C19H23N3O4/c23-12-14-10-21(17-4-2-1-3-16(14)17)9-13-11-22(20-18(13)19(24)25)15-5-7-26-8-6-15/h1-4,11,14-15,23H,5-10,12H2,(H,24,25). The number of aromatic nitrogens is 2. The van der Waals surface area contributed by atoms with Crippen LogP contribution in [0.15, 0.2) is 30.5 Å². The number of aromatic carboxylic acids is 1. The molecule has 7 nitrogen and oxygen atoms in total. The van der Waals surface area contributed by atoms with Gasteiger partial charge in [-0.2, -0.15) is 5.10 Å². The number of carboxylic acid groups (broad SMARTS) is 1. The Morgan fingerprint density at radius 1 is 1.27 bits per heavy atom. The highest BCUT2D eigenvalue weighted by Crippen LogP contribution is 2.37. The van der Waals surface area contributed by atoms with Crippen molar-refractivity contribution in [3.05, 3.63) is 47.3 Å². The lowest BCUT2D eigenvalue weighted by molar-refractivity contribution is 0.0645. The number of carbonyl (C=O) groups is 1. The molecule has 1 saturated heterocycles. The Bertz CT molecular complexity index is 798. The molecule has 1 aromatic carbocycles. The summed E-state index contributed by atoms with van der Waals surface area (Å²) in [6.07, 6.45) is 3.56. The first-order valence-electron chi connectivity index (χ1n) is 9.01. The zero-order valence-electron chi connectivity index (χ0n) is 14.5. The van der Waals surface area contributed by atoms with E-state index in [2.05, 4.69) is 10.00 Å². The van der Waals surface area contributed by atoms with E-state index >= 15 is 0 Å². The van der Waals surface area contributed by atoms with Gasteiger partial charge >= 0.3 is 5.97 Å². The summed E-state index contributed by atoms with van der Waals surface area (Å²) in [7, 11) is 0. The van der Waals surface area contributed by atoms with Crippen LogP contribution in [-0.4, -0.2) is 52.3 Å². The molecule has 0 bridgehead atoms. The molecule has 0 radical (unpaired) electrons. The second-order valence-corrected chi connectivity index (χ2v) is 6.95. The van der Waals surface area contributed by atoms with Crippen LogP contribution in [0.5, 0.6) is 0 Å². The molecule has 138 valence electrons. The number of ether oxygens (including phenoxy) is 1. The van der Waals surface area contributed by atoms with Crippen LogP contribution < -0.4 is 4.90 Å². The van der Waals surface area contributed by atoms with E-state index in [1.54, 1.807) is 4.68 Å². The number of para-hydroxylation sites is 1. The predicted octanol–water partition coefficient (Wildman–Crippen LogP) is 2.03. The second-order valence-electron chi connectivity index (χ2n) is 6.95. The van der Waals surface area contributed by atoms with Crippen LogP contribution in [0.3, 0.4) is 0 Å². The van der Waals surface area contributed by atoms with Crippen LogP contribution in [0, 0.1) is 0 Å². The van der Waals surface area contributed by atoms with Crippen molar-refractivity contribution in [2.24, 2.45) is 0 Å². The average Bonchev–Trinajstić information content (AvgIpc) is 3.25. The van der Waals surface area contributed by atoms with Gasteiger partial charge in [0.1, 0.15) is 0 Å². The van der Waals surface area contributed by atoms with Gasteiger partial charge in [-0.25, -0.2) is 4.79 Å². The summed E-state index contributed by atoms with van der Waals surface area (Å²) in [6.45, 7) is 2.59. The molecule has 1 unspecified atom stereocenters. The van der Waals surface area contributed by atoms with Gasteiger partial charge in [-0.3, -0.25) is 4.68 Å². The minimum Gasteiger partial charge on any atom is -0.476 e. The van der Waals surface area contributed by atoms with Crippen LogP contribution in [0.25, 0.3) is 0 Å². The first-order chi connectivity index (χ1) is 12.7. The smallest absolute Gasteiger partial charge is 0.356 e. The first-order valence-corrected chi connectivity index (χ1v) is 9.01. The van der Waals surface area contributed by atoms with Crippen molar-refractivity contribution >= 4 is 11.7 Å². The Hall–Kier alpha value is -2.38. The van der Waals surface area contributed by atoms with Crippen molar-refractivity contribution in [3.63, 3.8) is 0 Å². The third-order valence-electron chi connectivity index (χ3n) is 5.31. The zero-order chi connectivity index (χ0) is 18.1. The monoisotopic (exact) mass is 357 g/mol. The number of nitrogens with zero attached hydrogens (tertiary/aromatic N) is 3. The van der Waals surface area contributed by atoms with Gasteiger partial charge < -0.3 is 19.8 Å². The van der Waals surface area contributed by atoms with E-state index in [4.69, 9.17) is 4.74 Å². The Kier molecular flexibility index (Phi) is 4.65. The number of aliphatic hydroxyl groups excluding tert-OH is 1. The van der Waals surface area contributed by atoms with Crippen molar-refractivity contribution in [2.75, 3.05) is 31.3 Å². The van der Waals surface area contributed by atoms with Crippen LogP contribution in [0.2, 0.25) is 0 Å². The third kappa shape index (κ3) is 3.08. The number of hydrogen-bond donors (Lipinski definition) is 2. The summed E-state index contributed by atoms with van der Waals surface area (Å²) < 4.78 is 7.19. The topological polar surface area (TPSA) is 87.8 Å². The van der Waals surface area contributed by atoms with E-state index in [0.717, 1.165) is 24.1 Å². The van der Waals surface area contributed by atoms with Gasteiger partial charge in [-0.1, -0.05) is 18.2 Å². The SMILES string of the molecule is O=C(O)c1nn(C2CCOCC2)cc1CN1CC(CO)c2ccccc21. The molecule has 4 rings (SSSR count). The highest BCUT2D eigenvalue weighted by Gasteiger charge is 2.30. The van der Waals surface area contributed by atoms with Gasteiger partial charge in [0.15, 0.2) is 5.69 Å². The molecule has 2 aliphatic rings. The fourth-order valence-corrected chi connectivity index (χ4v) is 3.96. The first kappa shape index (κ1) is 17.1. The van der Waals surface area contributed by atoms with Crippen molar-refractivity contribution in [3.8, 4) is 0 Å². The third-order valence-corrected chi connectivity index (χ3v) is 5.31. The van der Waals surface area contributed by atoms with Crippen molar-refractivity contribution in [1.82, 2.24) is 9.78 Å². The molecule has 3 heterocycles. The number of aliphatic hydroxyl groups is 1. The van der Waals surface area contributed by atoms with Crippen molar-refractivity contribution < 1.29 is 19.7 Å². The summed E-state index contributed by atoms with van der Waals surface area (Å²) in [5, 5.41) is 23.6. The molecule has 26 heavy (non-hydrogen) atoms. The van der Waals surface area contributed by atoms with Gasteiger partial charge in [0, 0.05) is 49.7 Å². The molecule has 2 aliphatic heterocycles. The molecular formula is C19H23N3O4. The summed E-state index contributed by atoms with van der Waals surface area (Å²) in [6, 6.07) is 8.17. The summed E-state index contributed by atoms with van der Waals surface area (Å²) in [5.41, 5.74) is 2.99. The maximum atomic E-state index is 11.7.